The van der Waals surface area contributed by atoms with Crippen molar-refractivity contribution in [2.75, 3.05) is 20.6 Å². The Balaban J connectivity index is 1.67. The van der Waals surface area contributed by atoms with Gasteiger partial charge in [0.1, 0.15) is 5.76 Å². The zero-order chi connectivity index (χ0) is 19.4. The molecule has 3 aromatic rings. The minimum Gasteiger partial charge on any atom is -0.468 e. The SMILES string of the molecule is CN(C)C(CNC(=O)CCn1c(=O)[nH]c(=O)c2ccccc21)c1ccco1. The average Bonchev–Trinajstić information content (AvgIpc) is 3.15. The van der Waals surface area contributed by atoms with Crippen molar-refractivity contribution in [2.45, 2.75) is 19.0 Å². The molecule has 1 unspecified atom stereocenters. The number of likely N-dealkylation sites (N-methyl/N-ethyl adjacent to an activating group) is 1. The maximum Gasteiger partial charge on any atom is 0.328 e. The third-order valence-corrected chi connectivity index (χ3v) is 4.46. The number of hydrogen-bond donors (Lipinski definition) is 2. The standard InChI is InChI=1S/C19H22N4O4/c1-22(2)15(16-8-5-11-27-16)12-20-17(24)9-10-23-14-7-4-3-6-13(14)18(25)21-19(23)26/h3-8,11,15H,9-10,12H2,1-2H3,(H,20,24)(H,21,25,26). The van der Waals surface area contributed by atoms with E-state index in [1.165, 1.54) is 4.57 Å². The Labute approximate surface area is 155 Å². The number of hydrogen-bond acceptors (Lipinski definition) is 5. The van der Waals surface area contributed by atoms with Crippen molar-refractivity contribution in [1.82, 2.24) is 19.8 Å². The highest BCUT2D eigenvalue weighted by atomic mass is 16.3. The highest BCUT2D eigenvalue weighted by Crippen LogP contribution is 2.17. The number of carbonyl (C=O) groups excluding carboxylic acids is 1. The number of carbonyl (C=O) groups is 1. The summed E-state index contributed by atoms with van der Waals surface area (Å²) in [5, 5.41) is 3.29. The summed E-state index contributed by atoms with van der Waals surface area (Å²) >= 11 is 0. The highest BCUT2D eigenvalue weighted by molar-refractivity contribution is 5.78. The number of benzene rings is 1. The maximum atomic E-state index is 12.3. The van der Waals surface area contributed by atoms with E-state index in [0.29, 0.717) is 17.4 Å². The molecule has 0 aliphatic rings. The van der Waals surface area contributed by atoms with Crippen molar-refractivity contribution in [3.8, 4) is 0 Å². The van der Waals surface area contributed by atoms with Crippen LogP contribution in [0.25, 0.3) is 10.9 Å². The van der Waals surface area contributed by atoms with E-state index in [-0.39, 0.29) is 24.9 Å². The van der Waals surface area contributed by atoms with Crippen LogP contribution in [0.5, 0.6) is 0 Å². The van der Waals surface area contributed by atoms with Gasteiger partial charge < -0.3 is 9.73 Å². The molecule has 0 saturated heterocycles. The van der Waals surface area contributed by atoms with Crippen LogP contribution >= 0.6 is 0 Å². The van der Waals surface area contributed by atoms with E-state index in [1.54, 1.807) is 36.6 Å². The lowest BCUT2D eigenvalue weighted by Crippen LogP contribution is -2.36. The molecular formula is C19H22N4O4. The van der Waals surface area contributed by atoms with Crippen LogP contribution < -0.4 is 16.6 Å². The third kappa shape index (κ3) is 4.17. The molecule has 1 aromatic carbocycles. The number of aryl methyl sites for hydroxylation is 1. The van der Waals surface area contributed by atoms with Crippen LogP contribution in [0.15, 0.2) is 56.7 Å². The van der Waals surface area contributed by atoms with Gasteiger partial charge in [-0.3, -0.25) is 24.0 Å². The molecule has 0 saturated carbocycles. The van der Waals surface area contributed by atoms with Crippen molar-refractivity contribution in [3.05, 3.63) is 69.3 Å². The molecule has 8 heteroatoms. The fourth-order valence-corrected chi connectivity index (χ4v) is 3.00. The summed E-state index contributed by atoms with van der Waals surface area (Å²) < 4.78 is 6.83. The normalized spacial score (nSPS) is 12.4. The van der Waals surface area contributed by atoms with E-state index < -0.39 is 11.2 Å². The van der Waals surface area contributed by atoms with E-state index in [9.17, 15) is 14.4 Å². The maximum absolute atomic E-state index is 12.3. The van der Waals surface area contributed by atoms with Gasteiger partial charge in [-0.25, -0.2) is 4.79 Å². The lowest BCUT2D eigenvalue weighted by Gasteiger charge is -2.22. The predicted octanol–water partition coefficient (Wildman–Crippen LogP) is 1.09. The Morgan fingerprint density at radius 3 is 2.70 bits per heavy atom. The van der Waals surface area contributed by atoms with Crippen molar-refractivity contribution in [3.63, 3.8) is 0 Å². The number of H-pyrrole nitrogens is 1. The highest BCUT2D eigenvalue weighted by Gasteiger charge is 2.18. The Morgan fingerprint density at radius 2 is 2.00 bits per heavy atom. The molecule has 0 fully saturated rings. The molecule has 142 valence electrons. The second-order valence-corrected chi connectivity index (χ2v) is 6.48. The summed E-state index contributed by atoms with van der Waals surface area (Å²) in [4.78, 5) is 40.5. The third-order valence-electron chi connectivity index (χ3n) is 4.46. The molecule has 0 bridgehead atoms. The van der Waals surface area contributed by atoms with Gasteiger partial charge in [-0.1, -0.05) is 12.1 Å². The summed E-state index contributed by atoms with van der Waals surface area (Å²) in [6.07, 6.45) is 1.72. The Morgan fingerprint density at radius 1 is 1.22 bits per heavy atom. The van der Waals surface area contributed by atoms with Crippen molar-refractivity contribution < 1.29 is 9.21 Å². The molecule has 3 rings (SSSR count). The van der Waals surface area contributed by atoms with Crippen LogP contribution in [0, 0.1) is 0 Å². The van der Waals surface area contributed by atoms with Crippen LogP contribution in [0.3, 0.4) is 0 Å². The molecule has 1 amide bonds. The van der Waals surface area contributed by atoms with Gasteiger partial charge in [-0.05, 0) is 38.4 Å². The Bertz CT molecular complexity index is 1030. The van der Waals surface area contributed by atoms with Gasteiger partial charge in [0.25, 0.3) is 5.56 Å². The predicted molar refractivity (Wildman–Crippen MR) is 102 cm³/mol. The molecule has 0 spiro atoms. The van der Waals surface area contributed by atoms with E-state index >= 15 is 0 Å². The van der Waals surface area contributed by atoms with Crippen LogP contribution in [0.4, 0.5) is 0 Å². The van der Waals surface area contributed by atoms with Crippen LogP contribution in [-0.4, -0.2) is 41.0 Å². The second-order valence-electron chi connectivity index (χ2n) is 6.48. The zero-order valence-corrected chi connectivity index (χ0v) is 15.3. The van der Waals surface area contributed by atoms with E-state index in [4.69, 9.17) is 4.42 Å². The van der Waals surface area contributed by atoms with E-state index in [1.807, 2.05) is 25.1 Å². The molecular weight excluding hydrogens is 348 g/mol. The van der Waals surface area contributed by atoms with Crippen LogP contribution in [0.1, 0.15) is 18.2 Å². The van der Waals surface area contributed by atoms with Crippen molar-refractivity contribution in [2.24, 2.45) is 0 Å². The van der Waals surface area contributed by atoms with Gasteiger partial charge in [0.05, 0.1) is 23.2 Å². The monoisotopic (exact) mass is 370 g/mol. The smallest absolute Gasteiger partial charge is 0.328 e. The summed E-state index contributed by atoms with van der Waals surface area (Å²) in [6.45, 7) is 0.565. The Kier molecular flexibility index (Phi) is 5.56. The van der Waals surface area contributed by atoms with Crippen molar-refractivity contribution in [1.29, 1.82) is 0 Å². The van der Waals surface area contributed by atoms with E-state index in [0.717, 1.165) is 5.76 Å². The molecule has 0 aliphatic carbocycles. The summed E-state index contributed by atoms with van der Waals surface area (Å²) in [5.41, 5.74) is -0.433. The number of para-hydroxylation sites is 1. The number of furan rings is 1. The minimum atomic E-state index is -0.520. The lowest BCUT2D eigenvalue weighted by atomic mass is 10.2. The first kappa shape index (κ1) is 18.7. The number of amides is 1. The van der Waals surface area contributed by atoms with Crippen molar-refractivity contribution >= 4 is 16.8 Å². The van der Waals surface area contributed by atoms with Gasteiger partial charge in [-0.15, -0.1) is 0 Å². The minimum absolute atomic E-state index is 0.0828. The van der Waals surface area contributed by atoms with Crippen LogP contribution in [0.2, 0.25) is 0 Å². The topological polar surface area (TPSA) is 100 Å². The summed E-state index contributed by atoms with van der Waals surface area (Å²) in [6, 6.07) is 10.4. The molecule has 2 heterocycles. The quantitative estimate of drug-likeness (QED) is 0.648. The first-order chi connectivity index (χ1) is 13.0. The molecule has 1 atom stereocenters. The number of nitrogens with zero attached hydrogens (tertiary/aromatic N) is 2. The van der Waals surface area contributed by atoms with Gasteiger partial charge in [0.2, 0.25) is 5.91 Å². The molecule has 8 nitrogen and oxygen atoms in total. The molecule has 0 aliphatic heterocycles. The zero-order valence-electron chi connectivity index (χ0n) is 15.3. The summed E-state index contributed by atoms with van der Waals surface area (Å²) in [5.74, 6) is 0.582. The van der Waals surface area contributed by atoms with Gasteiger partial charge in [-0.2, -0.15) is 0 Å². The fraction of sp³-hybridized carbons (Fsp3) is 0.316. The van der Waals surface area contributed by atoms with Gasteiger partial charge >= 0.3 is 5.69 Å². The van der Waals surface area contributed by atoms with E-state index in [2.05, 4.69) is 10.3 Å². The van der Waals surface area contributed by atoms with Gasteiger partial charge in [0.15, 0.2) is 0 Å². The largest absolute Gasteiger partial charge is 0.468 e. The molecule has 27 heavy (non-hydrogen) atoms. The molecule has 2 N–H and O–H groups in total. The first-order valence-corrected chi connectivity index (χ1v) is 8.65. The summed E-state index contributed by atoms with van der Waals surface area (Å²) in [7, 11) is 3.82. The fourth-order valence-electron chi connectivity index (χ4n) is 3.00. The number of nitrogens with one attached hydrogen (secondary N) is 2. The van der Waals surface area contributed by atoms with Gasteiger partial charge in [0, 0.05) is 19.5 Å². The number of fused-ring (bicyclic) bond motifs is 1. The first-order valence-electron chi connectivity index (χ1n) is 8.65. The molecule has 2 aromatic heterocycles. The molecule has 0 radical (unpaired) electrons. The second kappa shape index (κ2) is 8.05. The average molecular weight is 370 g/mol. The lowest BCUT2D eigenvalue weighted by molar-refractivity contribution is -0.121. The van der Waals surface area contributed by atoms with Crippen LogP contribution in [-0.2, 0) is 11.3 Å². The number of rotatable bonds is 7. The Hall–Kier alpha value is -3.13. The number of aromatic nitrogens is 2. The number of aromatic amines is 1.